The molecule has 0 N–H and O–H groups in total. The highest BCUT2D eigenvalue weighted by atomic mass is 32.2. The Kier molecular flexibility index (Phi) is 6.42. The normalized spacial score (nSPS) is 9.73. The van der Waals surface area contributed by atoms with Crippen molar-refractivity contribution in [3.05, 3.63) is 0 Å². The van der Waals surface area contributed by atoms with Crippen LogP contribution >= 0.6 is 11.9 Å². The summed E-state index contributed by atoms with van der Waals surface area (Å²) in [5.41, 5.74) is 0. The van der Waals surface area contributed by atoms with Crippen molar-refractivity contribution in [3.63, 3.8) is 0 Å². The highest BCUT2D eigenvalue weighted by Crippen LogP contribution is 2.07. The third-order valence-electron chi connectivity index (χ3n) is 1.54. The van der Waals surface area contributed by atoms with E-state index in [2.05, 4.69) is 6.92 Å². The first kappa shape index (κ1) is 10.8. The molecule has 0 saturated heterocycles. The quantitative estimate of drug-likeness (QED) is 0.472. The van der Waals surface area contributed by atoms with Gasteiger partial charge in [0.1, 0.15) is 0 Å². The van der Waals surface area contributed by atoms with E-state index in [4.69, 9.17) is 0 Å². The lowest BCUT2D eigenvalue weighted by atomic mass is 10.2. The molecule has 0 aliphatic rings. The zero-order valence-electron chi connectivity index (χ0n) is 7.59. The summed E-state index contributed by atoms with van der Waals surface area (Å²) in [6.07, 6.45) is 5.48. The number of carbonyl (C=O) groups is 1. The molecule has 0 saturated carbocycles. The summed E-state index contributed by atoms with van der Waals surface area (Å²) in [7, 11) is 0. The molecule has 66 valence electrons. The summed E-state index contributed by atoms with van der Waals surface area (Å²) in [5.74, 6) is 0.161. The molecule has 0 heterocycles. The Balaban J connectivity index is 3.44. The van der Waals surface area contributed by atoms with Gasteiger partial charge in [0, 0.05) is 19.7 Å². The molecule has 3 heteroatoms. The molecule has 0 rings (SSSR count). The van der Waals surface area contributed by atoms with Crippen molar-refractivity contribution in [1.29, 1.82) is 0 Å². The van der Waals surface area contributed by atoms with Crippen molar-refractivity contribution in [2.24, 2.45) is 0 Å². The topological polar surface area (TPSA) is 20.3 Å². The highest BCUT2D eigenvalue weighted by molar-refractivity contribution is 7.96. The highest BCUT2D eigenvalue weighted by Gasteiger charge is 2.04. The van der Waals surface area contributed by atoms with Crippen LogP contribution in [0.4, 0.5) is 0 Å². The number of carbonyl (C=O) groups excluding carboxylic acids is 1. The van der Waals surface area contributed by atoms with Gasteiger partial charge in [0.2, 0.25) is 5.91 Å². The van der Waals surface area contributed by atoms with Crippen LogP contribution in [0.2, 0.25) is 0 Å². The maximum atomic E-state index is 10.9. The van der Waals surface area contributed by atoms with Gasteiger partial charge in [-0.3, -0.25) is 9.10 Å². The first-order valence-electron chi connectivity index (χ1n) is 4.04. The van der Waals surface area contributed by atoms with Crippen molar-refractivity contribution >= 4 is 17.9 Å². The van der Waals surface area contributed by atoms with E-state index in [9.17, 15) is 4.79 Å². The molecule has 0 spiro atoms. The van der Waals surface area contributed by atoms with Crippen LogP contribution in [-0.2, 0) is 4.79 Å². The lowest BCUT2D eigenvalue weighted by Gasteiger charge is -2.16. The molecule has 0 atom stereocenters. The largest absolute Gasteiger partial charge is 0.287 e. The minimum atomic E-state index is 0.161. The number of nitrogens with zero attached hydrogens (tertiary/aromatic N) is 1. The maximum Gasteiger partial charge on any atom is 0.229 e. The van der Waals surface area contributed by atoms with Crippen molar-refractivity contribution in [2.75, 3.05) is 12.8 Å². The molecular formula is C8H17NOS. The fourth-order valence-electron chi connectivity index (χ4n) is 0.883. The van der Waals surface area contributed by atoms with Crippen LogP contribution in [0.1, 0.15) is 33.1 Å². The molecule has 0 unspecified atom stereocenters. The van der Waals surface area contributed by atoms with E-state index in [1.807, 2.05) is 6.26 Å². The molecule has 0 aromatic heterocycles. The van der Waals surface area contributed by atoms with Gasteiger partial charge in [-0.15, -0.1) is 0 Å². The van der Waals surface area contributed by atoms with Crippen LogP contribution in [0.15, 0.2) is 0 Å². The molecular weight excluding hydrogens is 158 g/mol. The molecule has 0 aromatic rings. The molecule has 2 nitrogen and oxygen atoms in total. The number of rotatable bonds is 5. The second-order valence-electron chi connectivity index (χ2n) is 2.51. The average molecular weight is 175 g/mol. The minimum Gasteiger partial charge on any atom is -0.287 e. The SMILES string of the molecule is CCCCCN(SC)C(C)=O. The second-order valence-corrected chi connectivity index (χ2v) is 3.32. The van der Waals surface area contributed by atoms with Crippen molar-refractivity contribution in [2.45, 2.75) is 33.1 Å². The van der Waals surface area contributed by atoms with Gasteiger partial charge >= 0.3 is 0 Å². The van der Waals surface area contributed by atoms with Crippen LogP contribution in [0, 0.1) is 0 Å². The molecule has 0 radical (unpaired) electrons. The summed E-state index contributed by atoms with van der Waals surface area (Å²) in [4.78, 5) is 10.9. The minimum absolute atomic E-state index is 0.161. The Hall–Kier alpha value is -0.180. The summed E-state index contributed by atoms with van der Waals surface area (Å²) in [6, 6.07) is 0. The molecule has 0 bridgehead atoms. The van der Waals surface area contributed by atoms with E-state index in [1.165, 1.54) is 24.8 Å². The fourth-order valence-corrected chi connectivity index (χ4v) is 1.45. The number of hydrogen-bond donors (Lipinski definition) is 0. The predicted molar refractivity (Wildman–Crippen MR) is 50.4 cm³/mol. The predicted octanol–water partition coefficient (Wildman–Crippen LogP) is 2.30. The zero-order chi connectivity index (χ0) is 8.69. The second kappa shape index (κ2) is 6.53. The molecule has 0 aliphatic heterocycles. The fraction of sp³-hybridized carbons (Fsp3) is 0.875. The van der Waals surface area contributed by atoms with Gasteiger partial charge in [0.15, 0.2) is 0 Å². The Labute approximate surface area is 73.5 Å². The molecule has 1 amide bonds. The van der Waals surface area contributed by atoms with E-state index in [0.717, 1.165) is 13.0 Å². The van der Waals surface area contributed by atoms with Gasteiger partial charge < -0.3 is 0 Å². The van der Waals surface area contributed by atoms with Gasteiger partial charge in [-0.05, 0) is 6.42 Å². The first-order chi connectivity index (χ1) is 5.22. The molecule has 0 aliphatic carbocycles. The monoisotopic (exact) mass is 175 g/mol. The molecule has 0 fully saturated rings. The van der Waals surface area contributed by atoms with Crippen molar-refractivity contribution in [3.8, 4) is 0 Å². The third kappa shape index (κ3) is 5.13. The summed E-state index contributed by atoms with van der Waals surface area (Å²) < 4.78 is 1.80. The smallest absolute Gasteiger partial charge is 0.229 e. The van der Waals surface area contributed by atoms with Gasteiger partial charge in [-0.25, -0.2) is 0 Å². The van der Waals surface area contributed by atoms with Gasteiger partial charge in [-0.1, -0.05) is 31.7 Å². The van der Waals surface area contributed by atoms with Crippen LogP contribution in [-0.4, -0.2) is 23.0 Å². The molecule has 0 aromatic carbocycles. The van der Waals surface area contributed by atoms with E-state index >= 15 is 0 Å². The van der Waals surface area contributed by atoms with E-state index in [1.54, 1.807) is 11.2 Å². The van der Waals surface area contributed by atoms with Gasteiger partial charge in [0.05, 0.1) is 0 Å². The van der Waals surface area contributed by atoms with Crippen molar-refractivity contribution in [1.82, 2.24) is 4.31 Å². The summed E-state index contributed by atoms with van der Waals surface area (Å²) in [6.45, 7) is 4.67. The van der Waals surface area contributed by atoms with Gasteiger partial charge in [-0.2, -0.15) is 0 Å². The number of amides is 1. The van der Waals surface area contributed by atoms with Crippen LogP contribution in [0.5, 0.6) is 0 Å². The number of hydrogen-bond acceptors (Lipinski definition) is 2. The Morgan fingerprint density at radius 3 is 2.45 bits per heavy atom. The van der Waals surface area contributed by atoms with Crippen LogP contribution in [0.3, 0.4) is 0 Å². The standard InChI is InChI=1S/C8H17NOS/c1-4-5-6-7-9(11-3)8(2)10/h4-7H2,1-3H3. The van der Waals surface area contributed by atoms with E-state index < -0.39 is 0 Å². The van der Waals surface area contributed by atoms with Gasteiger partial charge in [0.25, 0.3) is 0 Å². The number of unbranched alkanes of at least 4 members (excludes halogenated alkanes) is 2. The average Bonchev–Trinajstić information content (AvgIpc) is 1.97. The van der Waals surface area contributed by atoms with Crippen LogP contribution in [0.25, 0.3) is 0 Å². The lowest BCUT2D eigenvalue weighted by Crippen LogP contribution is -2.21. The first-order valence-corrected chi connectivity index (χ1v) is 5.22. The Morgan fingerprint density at radius 2 is 2.09 bits per heavy atom. The van der Waals surface area contributed by atoms with Crippen LogP contribution < -0.4 is 0 Å². The summed E-state index contributed by atoms with van der Waals surface area (Å²) >= 11 is 1.51. The Bertz CT molecular complexity index is 117. The summed E-state index contributed by atoms with van der Waals surface area (Å²) in [5, 5.41) is 0. The molecule has 11 heavy (non-hydrogen) atoms. The van der Waals surface area contributed by atoms with E-state index in [-0.39, 0.29) is 5.91 Å². The van der Waals surface area contributed by atoms with E-state index in [0.29, 0.717) is 0 Å². The maximum absolute atomic E-state index is 10.9. The third-order valence-corrected chi connectivity index (χ3v) is 2.42. The lowest BCUT2D eigenvalue weighted by molar-refractivity contribution is -0.123. The Morgan fingerprint density at radius 1 is 1.45 bits per heavy atom. The zero-order valence-corrected chi connectivity index (χ0v) is 8.41. The van der Waals surface area contributed by atoms with Crippen molar-refractivity contribution < 1.29 is 4.79 Å².